The van der Waals surface area contributed by atoms with Crippen LogP contribution in [-0.4, -0.2) is 36.5 Å². The van der Waals surface area contributed by atoms with Crippen molar-refractivity contribution >= 4 is 18.3 Å². The van der Waals surface area contributed by atoms with E-state index in [0.717, 1.165) is 30.8 Å². The molecule has 1 atom stereocenters. The zero-order chi connectivity index (χ0) is 11.5. The highest BCUT2D eigenvalue weighted by atomic mass is 35.5. The molecule has 0 saturated carbocycles. The Bertz CT molecular complexity index is 395. The molecule has 0 spiro atoms. The first-order chi connectivity index (χ1) is 7.68. The number of halogens is 1. The van der Waals surface area contributed by atoms with Gasteiger partial charge in [-0.3, -0.25) is 4.79 Å². The van der Waals surface area contributed by atoms with Crippen LogP contribution in [0.5, 0.6) is 0 Å². The summed E-state index contributed by atoms with van der Waals surface area (Å²) in [4.78, 5) is 14.2. The highest BCUT2D eigenvalue weighted by molar-refractivity contribution is 5.95. The molecule has 0 unspecified atom stereocenters. The summed E-state index contributed by atoms with van der Waals surface area (Å²) in [5.41, 5.74) is 1.88. The maximum Gasteiger partial charge on any atom is 0.254 e. The molecule has 1 aliphatic rings. The van der Waals surface area contributed by atoms with Crippen LogP contribution in [0.15, 0.2) is 24.3 Å². The fraction of sp³-hybridized carbons (Fsp3) is 0.462. The van der Waals surface area contributed by atoms with Crippen molar-refractivity contribution < 1.29 is 4.79 Å². The van der Waals surface area contributed by atoms with Crippen molar-refractivity contribution in [3.63, 3.8) is 0 Å². The quantitative estimate of drug-likeness (QED) is 0.830. The van der Waals surface area contributed by atoms with Gasteiger partial charge in [0, 0.05) is 31.2 Å². The van der Waals surface area contributed by atoms with Crippen molar-refractivity contribution in [3.8, 4) is 0 Å². The Hall–Kier alpha value is -1.06. The predicted molar refractivity (Wildman–Crippen MR) is 71.8 cm³/mol. The summed E-state index contributed by atoms with van der Waals surface area (Å²) in [6.07, 6.45) is 0. The Morgan fingerprint density at radius 1 is 1.41 bits per heavy atom. The number of hydrogen-bond acceptors (Lipinski definition) is 2. The molecule has 3 nitrogen and oxygen atoms in total. The molecule has 1 aromatic carbocycles. The van der Waals surface area contributed by atoms with Crippen molar-refractivity contribution in [2.75, 3.05) is 19.6 Å². The van der Waals surface area contributed by atoms with Crippen LogP contribution >= 0.6 is 12.4 Å². The molecule has 0 aromatic heterocycles. The Balaban J connectivity index is 0.00000144. The van der Waals surface area contributed by atoms with E-state index in [1.165, 1.54) is 0 Å². The fourth-order valence-electron chi connectivity index (χ4n) is 2.10. The van der Waals surface area contributed by atoms with Gasteiger partial charge in [-0.05, 0) is 25.5 Å². The number of carbonyl (C=O) groups is 1. The second kappa shape index (κ2) is 6.03. The van der Waals surface area contributed by atoms with E-state index in [2.05, 4.69) is 12.2 Å². The van der Waals surface area contributed by atoms with Crippen LogP contribution in [0.4, 0.5) is 0 Å². The predicted octanol–water partition coefficient (Wildman–Crippen LogP) is 1.85. The summed E-state index contributed by atoms with van der Waals surface area (Å²) in [7, 11) is 0. The Morgan fingerprint density at radius 2 is 2.12 bits per heavy atom. The molecule has 1 aromatic rings. The summed E-state index contributed by atoms with van der Waals surface area (Å²) in [5, 5.41) is 3.34. The molecule has 0 bridgehead atoms. The number of carbonyl (C=O) groups excluding carboxylic acids is 1. The lowest BCUT2D eigenvalue weighted by atomic mass is 10.1. The molecular weight excluding hydrogens is 236 g/mol. The minimum Gasteiger partial charge on any atom is -0.336 e. The van der Waals surface area contributed by atoms with E-state index >= 15 is 0 Å². The minimum atomic E-state index is 0. The Morgan fingerprint density at radius 3 is 2.76 bits per heavy atom. The molecule has 1 amide bonds. The largest absolute Gasteiger partial charge is 0.336 e. The molecule has 1 N–H and O–H groups in total. The number of hydrogen-bond donors (Lipinski definition) is 1. The summed E-state index contributed by atoms with van der Waals surface area (Å²) in [6, 6.07) is 8.17. The molecule has 94 valence electrons. The highest BCUT2D eigenvalue weighted by Crippen LogP contribution is 2.12. The van der Waals surface area contributed by atoms with Gasteiger partial charge in [-0.25, -0.2) is 0 Å². The van der Waals surface area contributed by atoms with E-state index in [9.17, 15) is 4.79 Å². The number of benzene rings is 1. The SMILES string of the molecule is Cc1ccccc1C(=O)N1CCN[C@@H](C)C1.Cl. The lowest BCUT2D eigenvalue weighted by Gasteiger charge is -2.32. The third-order valence-corrected chi connectivity index (χ3v) is 3.03. The normalized spacial score (nSPS) is 19.6. The Kier molecular flexibility index (Phi) is 4.97. The molecular formula is C13H19ClN2O. The molecule has 1 aliphatic heterocycles. The molecule has 0 radical (unpaired) electrons. The van der Waals surface area contributed by atoms with Crippen LogP contribution in [0.1, 0.15) is 22.8 Å². The van der Waals surface area contributed by atoms with Crippen LogP contribution in [-0.2, 0) is 0 Å². The van der Waals surface area contributed by atoms with Crippen molar-refractivity contribution in [1.29, 1.82) is 0 Å². The zero-order valence-corrected chi connectivity index (χ0v) is 11.1. The fourth-order valence-corrected chi connectivity index (χ4v) is 2.10. The van der Waals surface area contributed by atoms with E-state index in [1.54, 1.807) is 0 Å². The third-order valence-electron chi connectivity index (χ3n) is 3.03. The van der Waals surface area contributed by atoms with Gasteiger partial charge in [-0.15, -0.1) is 12.4 Å². The third kappa shape index (κ3) is 3.20. The lowest BCUT2D eigenvalue weighted by molar-refractivity contribution is 0.0708. The maximum atomic E-state index is 12.3. The maximum absolute atomic E-state index is 12.3. The first kappa shape index (κ1) is 14.0. The number of amides is 1. The standard InChI is InChI=1S/C13H18N2O.ClH/c1-10-5-3-4-6-12(10)13(16)15-8-7-14-11(2)9-15;/h3-6,11,14H,7-9H2,1-2H3;1H/t11-;/m0./s1. The van der Waals surface area contributed by atoms with Gasteiger partial charge >= 0.3 is 0 Å². The second-order valence-corrected chi connectivity index (χ2v) is 4.42. The van der Waals surface area contributed by atoms with E-state index in [0.29, 0.717) is 6.04 Å². The highest BCUT2D eigenvalue weighted by Gasteiger charge is 2.22. The first-order valence-electron chi connectivity index (χ1n) is 5.77. The van der Waals surface area contributed by atoms with Crippen LogP contribution in [0, 0.1) is 6.92 Å². The molecule has 1 heterocycles. The molecule has 4 heteroatoms. The lowest BCUT2D eigenvalue weighted by Crippen LogP contribution is -2.51. The molecule has 1 saturated heterocycles. The van der Waals surface area contributed by atoms with E-state index in [1.807, 2.05) is 36.1 Å². The van der Waals surface area contributed by atoms with Gasteiger partial charge < -0.3 is 10.2 Å². The van der Waals surface area contributed by atoms with E-state index in [4.69, 9.17) is 0 Å². The first-order valence-corrected chi connectivity index (χ1v) is 5.77. The summed E-state index contributed by atoms with van der Waals surface area (Å²) < 4.78 is 0. The summed E-state index contributed by atoms with van der Waals surface area (Å²) >= 11 is 0. The van der Waals surface area contributed by atoms with E-state index in [-0.39, 0.29) is 18.3 Å². The number of aryl methyl sites for hydroxylation is 1. The number of piperazine rings is 1. The van der Waals surface area contributed by atoms with Gasteiger partial charge in [0.25, 0.3) is 5.91 Å². The van der Waals surface area contributed by atoms with Crippen molar-refractivity contribution in [2.24, 2.45) is 0 Å². The topological polar surface area (TPSA) is 32.3 Å². The van der Waals surface area contributed by atoms with Gasteiger partial charge in [-0.2, -0.15) is 0 Å². The van der Waals surface area contributed by atoms with Crippen LogP contribution in [0.3, 0.4) is 0 Å². The number of nitrogens with zero attached hydrogens (tertiary/aromatic N) is 1. The van der Waals surface area contributed by atoms with Gasteiger partial charge in [0.05, 0.1) is 0 Å². The van der Waals surface area contributed by atoms with Crippen molar-refractivity contribution in [1.82, 2.24) is 10.2 Å². The van der Waals surface area contributed by atoms with Gasteiger partial charge in [-0.1, -0.05) is 18.2 Å². The molecule has 0 aliphatic carbocycles. The van der Waals surface area contributed by atoms with Crippen molar-refractivity contribution in [2.45, 2.75) is 19.9 Å². The molecule has 17 heavy (non-hydrogen) atoms. The van der Waals surface area contributed by atoms with Crippen LogP contribution in [0.25, 0.3) is 0 Å². The monoisotopic (exact) mass is 254 g/mol. The Labute approximate surface area is 109 Å². The molecule has 1 fully saturated rings. The number of nitrogens with one attached hydrogen (secondary N) is 1. The summed E-state index contributed by atoms with van der Waals surface area (Å²) in [6.45, 7) is 6.58. The average Bonchev–Trinajstić information content (AvgIpc) is 2.29. The average molecular weight is 255 g/mol. The summed E-state index contributed by atoms with van der Waals surface area (Å²) in [5.74, 6) is 0.159. The van der Waals surface area contributed by atoms with Gasteiger partial charge in [0.15, 0.2) is 0 Å². The molecule has 2 rings (SSSR count). The second-order valence-electron chi connectivity index (χ2n) is 4.42. The minimum absolute atomic E-state index is 0. The van der Waals surface area contributed by atoms with Gasteiger partial charge in [0.1, 0.15) is 0 Å². The van der Waals surface area contributed by atoms with Gasteiger partial charge in [0.2, 0.25) is 0 Å². The zero-order valence-electron chi connectivity index (χ0n) is 10.3. The van der Waals surface area contributed by atoms with E-state index < -0.39 is 0 Å². The smallest absolute Gasteiger partial charge is 0.254 e. The van der Waals surface area contributed by atoms with Crippen LogP contribution in [0.2, 0.25) is 0 Å². The van der Waals surface area contributed by atoms with Crippen molar-refractivity contribution in [3.05, 3.63) is 35.4 Å². The van der Waals surface area contributed by atoms with Crippen LogP contribution < -0.4 is 5.32 Å². The number of rotatable bonds is 1.